The summed E-state index contributed by atoms with van der Waals surface area (Å²) in [4.78, 5) is 15.7. The van der Waals surface area contributed by atoms with Gasteiger partial charge in [0.15, 0.2) is 0 Å². The monoisotopic (exact) mass is 260 g/mol. The van der Waals surface area contributed by atoms with Gasteiger partial charge in [-0.15, -0.1) is 0 Å². The molecule has 1 atom stereocenters. The molecule has 1 aromatic heterocycles. The van der Waals surface area contributed by atoms with Gasteiger partial charge in [0.2, 0.25) is 5.91 Å². The Balaban J connectivity index is 1.90. The second-order valence-electron chi connectivity index (χ2n) is 4.21. The molecule has 2 rings (SSSR count). The summed E-state index contributed by atoms with van der Waals surface area (Å²) in [6.07, 6.45) is 3.40. The van der Waals surface area contributed by atoms with Crippen LogP contribution in [0, 0.1) is 0 Å². The fourth-order valence-corrected chi connectivity index (χ4v) is 1.69. The van der Waals surface area contributed by atoms with Gasteiger partial charge in [0.05, 0.1) is 13.2 Å². The van der Waals surface area contributed by atoms with E-state index in [1.807, 2.05) is 6.92 Å². The Morgan fingerprint density at radius 1 is 1.42 bits per heavy atom. The number of ether oxygens (including phenoxy) is 1. The number of benzene rings is 1. The van der Waals surface area contributed by atoms with Crippen LogP contribution in [0.5, 0.6) is 5.75 Å². The van der Waals surface area contributed by atoms with Crippen molar-refractivity contribution >= 4 is 11.6 Å². The molecule has 0 radical (unpaired) electrons. The van der Waals surface area contributed by atoms with Crippen LogP contribution >= 0.6 is 0 Å². The van der Waals surface area contributed by atoms with E-state index >= 15 is 0 Å². The van der Waals surface area contributed by atoms with Crippen LogP contribution in [0.2, 0.25) is 0 Å². The van der Waals surface area contributed by atoms with Gasteiger partial charge in [-0.3, -0.25) is 4.79 Å². The topological polar surface area (TPSA) is 69.0 Å². The van der Waals surface area contributed by atoms with Gasteiger partial charge in [0.1, 0.15) is 18.4 Å². The zero-order valence-corrected chi connectivity index (χ0v) is 10.9. The number of nitrogens with one attached hydrogen (secondary N) is 1. The van der Waals surface area contributed by atoms with E-state index in [-0.39, 0.29) is 11.9 Å². The maximum absolute atomic E-state index is 11.9. The zero-order chi connectivity index (χ0) is 13.7. The molecule has 0 spiro atoms. The fraction of sp³-hybridized carbons (Fsp3) is 0.308. The predicted octanol–water partition coefficient (Wildman–Crippen LogP) is 1.88. The zero-order valence-electron chi connectivity index (χ0n) is 10.9. The van der Waals surface area contributed by atoms with Crippen LogP contribution in [0.25, 0.3) is 0 Å². The second kappa shape index (κ2) is 5.99. The number of carbonyl (C=O) groups excluding carboxylic acids is 1. The smallest absolute Gasteiger partial charge is 0.226 e. The lowest BCUT2D eigenvalue weighted by atomic mass is 10.2. The van der Waals surface area contributed by atoms with Gasteiger partial charge in [-0.05, 0) is 31.2 Å². The lowest BCUT2D eigenvalue weighted by molar-refractivity contribution is -0.116. The molecule has 0 aliphatic heterocycles. The van der Waals surface area contributed by atoms with Crippen LogP contribution in [-0.4, -0.2) is 27.8 Å². The van der Waals surface area contributed by atoms with Crippen molar-refractivity contribution in [3.05, 3.63) is 36.9 Å². The molecule has 1 heterocycles. The quantitative estimate of drug-likeness (QED) is 0.891. The van der Waals surface area contributed by atoms with Crippen LogP contribution in [-0.2, 0) is 4.79 Å². The Morgan fingerprint density at radius 2 is 2.16 bits per heavy atom. The van der Waals surface area contributed by atoms with Crippen LogP contribution in [0.3, 0.4) is 0 Å². The van der Waals surface area contributed by atoms with Gasteiger partial charge in [-0.2, -0.15) is 5.10 Å². The van der Waals surface area contributed by atoms with Crippen LogP contribution in [0.4, 0.5) is 5.69 Å². The van der Waals surface area contributed by atoms with Gasteiger partial charge in [0, 0.05) is 12.1 Å². The van der Waals surface area contributed by atoms with Crippen molar-refractivity contribution in [1.29, 1.82) is 0 Å². The van der Waals surface area contributed by atoms with Gasteiger partial charge in [0.25, 0.3) is 0 Å². The maximum atomic E-state index is 11.9. The fourth-order valence-electron chi connectivity index (χ4n) is 1.69. The predicted molar refractivity (Wildman–Crippen MR) is 71.0 cm³/mol. The summed E-state index contributed by atoms with van der Waals surface area (Å²) in [6, 6.07) is 7.18. The van der Waals surface area contributed by atoms with E-state index in [1.165, 1.54) is 6.33 Å². The number of hydrogen-bond acceptors (Lipinski definition) is 4. The second-order valence-corrected chi connectivity index (χ2v) is 4.21. The molecular weight excluding hydrogens is 244 g/mol. The van der Waals surface area contributed by atoms with Gasteiger partial charge in [-0.25, -0.2) is 9.67 Å². The number of rotatable bonds is 5. The molecule has 1 amide bonds. The minimum absolute atomic E-state index is 0.0271. The molecule has 100 valence electrons. The Hall–Kier alpha value is -2.37. The lowest BCUT2D eigenvalue weighted by Gasteiger charge is -2.11. The molecule has 0 bridgehead atoms. The van der Waals surface area contributed by atoms with Gasteiger partial charge >= 0.3 is 0 Å². The van der Waals surface area contributed by atoms with E-state index in [2.05, 4.69) is 15.4 Å². The third-order valence-corrected chi connectivity index (χ3v) is 2.74. The Morgan fingerprint density at radius 3 is 2.74 bits per heavy atom. The summed E-state index contributed by atoms with van der Waals surface area (Å²) in [7, 11) is 1.60. The molecule has 0 fully saturated rings. The standard InChI is InChI=1S/C13H16N4O2/c1-10(17-9-14-8-15-17)7-13(18)16-11-3-5-12(19-2)6-4-11/h3-6,8-10H,7H2,1-2H3,(H,16,18). The third kappa shape index (κ3) is 3.54. The molecule has 6 nitrogen and oxygen atoms in total. The Labute approximate surface area is 111 Å². The Bertz CT molecular complexity index is 522. The number of carbonyl (C=O) groups is 1. The molecule has 6 heteroatoms. The first-order valence-corrected chi connectivity index (χ1v) is 5.97. The number of aromatic nitrogens is 3. The average Bonchev–Trinajstić information content (AvgIpc) is 2.93. The minimum atomic E-state index is -0.0619. The van der Waals surface area contributed by atoms with Crippen molar-refractivity contribution in [3.8, 4) is 5.75 Å². The molecule has 0 aliphatic rings. The first-order chi connectivity index (χ1) is 9.19. The van der Waals surface area contributed by atoms with Crippen molar-refractivity contribution in [2.24, 2.45) is 0 Å². The molecule has 1 unspecified atom stereocenters. The highest BCUT2D eigenvalue weighted by atomic mass is 16.5. The summed E-state index contributed by atoms with van der Waals surface area (Å²) >= 11 is 0. The molecule has 1 aromatic carbocycles. The van der Waals surface area contributed by atoms with E-state index in [9.17, 15) is 4.79 Å². The SMILES string of the molecule is COc1ccc(NC(=O)CC(C)n2cncn2)cc1. The number of amides is 1. The lowest BCUT2D eigenvalue weighted by Crippen LogP contribution is -2.17. The minimum Gasteiger partial charge on any atom is -0.497 e. The molecule has 0 aliphatic carbocycles. The number of hydrogen-bond donors (Lipinski definition) is 1. The van der Waals surface area contributed by atoms with E-state index in [1.54, 1.807) is 42.4 Å². The number of anilines is 1. The highest BCUT2D eigenvalue weighted by Gasteiger charge is 2.11. The summed E-state index contributed by atoms with van der Waals surface area (Å²) in [6.45, 7) is 1.92. The molecular formula is C13H16N4O2. The first kappa shape index (κ1) is 13.1. The van der Waals surface area contributed by atoms with Crippen molar-refractivity contribution in [1.82, 2.24) is 14.8 Å². The van der Waals surface area contributed by atoms with Gasteiger partial charge in [-0.1, -0.05) is 0 Å². The highest BCUT2D eigenvalue weighted by molar-refractivity contribution is 5.90. The molecule has 19 heavy (non-hydrogen) atoms. The molecule has 0 saturated heterocycles. The highest BCUT2D eigenvalue weighted by Crippen LogP contribution is 2.16. The largest absolute Gasteiger partial charge is 0.497 e. The average molecular weight is 260 g/mol. The molecule has 0 saturated carbocycles. The summed E-state index contributed by atoms with van der Waals surface area (Å²) in [5.41, 5.74) is 0.747. The normalized spacial score (nSPS) is 11.9. The molecule has 2 aromatic rings. The van der Waals surface area contributed by atoms with Crippen LogP contribution in [0.1, 0.15) is 19.4 Å². The number of methoxy groups -OCH3 is 1. The van der Waals surface area contributed by atoms with E-state index in [0.29, 0.717) is 6.42 Å². The van der Waals surface area contributed by atoms with E-state index in [0.717, 1.165) is 11.4 Å². The first-order valence-electron chi connectivity index (χ1n) is 5.97. The van der Waals surface area contributed by atoms with Crippen molar-refractivity contribution in [2.45, 2.75) is 19.4 Å². The molecule has 1 N–H and O–H groups in total. The maximum Gasteiger partial charge on any atom is 0.226 e. The van der Waals surface area contributed by atoms with Crippen molar-refractivity contribution in [3.63, 3.8) is 0 Å². The van der Waals surface area contributed by atoms with Gasteiger partial charge < -0.3 is 10.1 Å². The van der Waals surface area contributed by atoms with Crippen LogP contribution < -0.4 is 10.1 Å². The summed E-state index contributed by atoms with van der Waals surface area (Å²) in [5, 5.41) is 6.84. The van der Waals surface area contributed by atoms with Crippen molar-refractivity contribution in [2.75, 3.05) is 12.4 Å². The summed E-state index contributed by atoms with van der Waals surface area (Å²) in [5.74, 6) is 0.696. The van der Waals surface area contributed by atoms with Crippen molar-refractivity contribution < 1.29 is 9.53 Å². The Kier molecular flexibility index (Phi) is 4.12. The summed E-state index contributed by atoms with van der Waals surface area (Å²) < 4.78 is 6.72. The van der Waals surface area contributed by atoms with Crippen LogP contribution in [0.15, 0.2) is 36.9 Å². The number of nitrogens with zero attached hydrogens (tertiary/aromatic N) is 3. The van der Waals surface area contributed by atoms with E-state index < -0.39 is 0 Å². The van der Waals surface area contributed by atoms with E-state index in [4.69, 9.17) is 4.74 Å². The third-order valence-electron chi connectivity index (χ3n) is 2.74.